The monoisotopic (exact) mass is 386 g/mol. The quantitative estimate of drug-likeness (QED) is 0.752. The largest absolute Gasteiger partial charge is 0.486 e. The van der Waals surface area contributed by atoms with Crippen LogP contribution in [0.1, 0.15) is 31.2 Å². The van der Waals surface area contributed by atoms with Crippen LogP contribution in [-0.4, -0.2) is 60.4 Å². The van der Waals surface area contributed by atoms with Crippen molar-refractivity contribution in [1.29, 1.82) is 0 Å². The third-order valence-corrected chi connectivity index (χ3v) is 5.12. The highest BCUT2D eigenvalue weighted by Gasteiger charge is 2.24. The van der Waals surface area contributed by atoms with Gasteiger partial charge in [-0.3, -0.25) is 4.79 Å². The van der Waals surface area contributed by atoms with E-state index < -0.39 is 0 Å². The van der Waals surface area contributed by atoms with E-state index in [-0.39, 0.29) is 5.91 Å². The van der Waals surface area contributed by atoms with Crippen molar-refractivity contribution in [3.05, 3.63) is 29.7 Å². The summed E-state index contributed by atoms with van der Waals surface area (Å²) in [6, 6.07) is 6.58. The second kappa shape index (κ2) is 8.50. The maximum absolute atomic E-state index is 12.5. The lowest BCUT2D eigenvalue weighted by molar-refractivity contribution is -0.131. The van der Waals surface area contributed by atoms with Crippen molar-refractivity contribution >= 4 is 11.9 Å². The maximum atomic E-state index is 12.5. The molecular weight excluding hydrogens is 360 g/mol. The summed E-state index contributed by atoms with van der Waals surface area (Å²) in [6.45, 7) is 5.99. The summed E-state index contributed by atoms with van der Waals surface area (Å²) in [6.07, 6.45) is 2.95. The number of carbonyl (C=O) groups excluding carboxylic acids is 1. The minimum Gasteiger partial charge on any atom is -0.486 e. The van der Waals surface area contributed by atoms with Crippen LogP contribution in [0.25, 0.3) is 0 Å². The number of piperazine rings is 1. The smallest absolute Gasteiger partial charge is 0.318 e. The number of hydrogen-bond donors (Lipinski definition) is 0. The van der Waals surface area contributed by atoms with E-state index in [9.17, 15) is 4.79 Å². The Morgan fingerprint density at radius 1 is 1.07 bits per heavy atom. The molecule has 150 valence electrons. The van der Waals surface area contributed by atoms with E-state index in [1.807, 2.05) is 34.9 Å². The number of nitrogens with zero attached hydrogens (tertiary/aromatic N) is 4. The van der Waals surface area contributed by atoms with Gasteiger partial charge >= 0.3 is 6.01 Å². The lowest BCUT2D eigenvalue weighted by atomic mass is 10.1. The minimum atomic E-state index is 0.206. The number of anilines is 1. The average Bonchev–Trinajstić information content (AvgIpc) is 3.23. The third-order valence-electron chi connectivity index (χ3n) is 5.12. The molecule has 8 nitrogen and oxygen atoms in total. The van der Waals surface area contributed by atoms with E-state index in [1.54, 1.807) is 0 Å². The Labute approximate surface area is 164 Å². The zero-order valence-electron chi connectivity index (χ0n) is 16.2. The third kappa shape index (κ3) is 4.21. The molecule has 0 N–H and O–H groups in total. The number of benzene rings is 1. The molecule has 0 saturated carbocycles. The zero-order chi connectivity index (χ0) is 19.3. The van der Waals surface area contributed by atoms with E-state index in [1.165, 1.54) is 5.56 Å². The second-order valence-corrected chi connectivity index (χ2v) is 7.03. The van der Waals surface area contributed by atoms with Crippen molar-refractivity contribution in [2.75, 3.05) is 44.3 Å². The van der Waals surface area contributed by atoms with Crippen molar-refractivity contribution in [3.63, 3.8) is 0 Å². The Morgan fingerprint density at radius 2 is 1.86 bits per heavy atom. The Kier molecular flexibility index (Phi) is 5.64. The Bertz CT molecular complexity index is 814. The van der Waals surface area contributed by atoms with E-state index in [4.69, 9.17) is 13.9 Å². The van der Waals surface area contributed by atoms with Crippen molar-refractivity contribution < 1.29 is 18.7 Å². The van der Waals surface area contributed by atoms with E-state index in [0.29, 0.717) is 44.6 Å². The van der Waals surface area contributed by atoms with E-state index in [0.717, 1.165) is 43.9 Å². The molecule has 1 saturated heterocycles. The van der Waals surface area contributed by atoms with Gasteiger partial charge in [-0.05, 0) is 30.5 Å². The Balaban J connectivity index is 1.21. The van der Waals surface area contributed by atoms with Gasteiger partial charge in [0, 0.05) is 39.0 Å². The van der Waals surface area contributed by atoms with Crippen LogP contribution < -0.4 is 14.4 Å². The minimum absolute atomic E-state index is 0.206. The van der Waals surface area contributed by atoms with Gasteiger partial charge in [-0.25, -0.2) is 0 Å². The first-order valence-electron chi connectivity index (χ1n) is 9.96. The molecule has 28 heavy (non-hydrogen) atoms. The molecule has 1 fully saturated rings. The van der Waals surface area contributed by atoms with Gasteiger partial charge in [0.25, 0.3) is 0 Å². The predicted molar refractivity (Wildman–Crippen MR) is 103 cm³/mol. The molecule has 1 aromatic carbocycles. The predicted octanol–water partition coefficient (Wildman–Crippen LogP) is 2.07. The van der Waals surface area contributed by atoms with Crippen LogP contribution in [0.4, 0.5) is 6.01 Å². The van der Waals surface area contributed by atoms with Crippen LogP contribution in [0.2, 0.25) is 0 Å². The molecule has 0 bridgehead atoms. The van der Waals surface area contributed by atoms with E-state index >= 15 is 0 Å². The van der Waals surface area contributed by atoms with Crippen LogP contribution in [0.5, 0.6) is 11.5 Å². The number of aryl methyl sites for hydroxylation is 2. The van der Waals surface area contributed by atoms with Crippen molar-refractivity contribution in [2.24, 2.45) is 0 Å². The van der Waals surface area contributed by atoms with Gasteiger partial charge in [0.1, 0.15) is 13.2 Å². The zero-order valence-corrected chi connectivity index (χ0v) is 16.2. The van der Waals surface area contributed by atoms with Crippen LogP contribution in [0.15, 0.2) is 22.6 Å². The first-order valence-corrected chi connectivity index (χ1v) is 9.96. The van der Waals surface area contributed by atoms with Gasteiger partial charge in [0.15, 0.2) is 11.5 Å². The van der Waals surface area contributed by atoms with Crippen molar-refractivity contribution in [1.82, 2.24) is 15.1 Å². The molecule has 8 heteroatoms. The Morgan fingerprint density at radius 3 is 2.61 bits per heavy atom. The Hall–Kier alpha value is -2.77. The summed E-state index contributed by atoms with van der Waals surface area (Å²) in [5.41, 5.74) is 1.17. The fraction of sp³-hybridized carbons (Fsp3) is 0.550. The van der Waals surface area contributed by atoms with Gasteiger partial charge in [-0.2, -0.15) is 0 Å². The molecule has 1 aromatic heterocycles. The van der Waals surface area contributed by atoms with Gasteiger partial charge in [-0.1, -0.05) is 18.1 Å². The highest BCUT2D eigenvalue weighted by atomic mass is 16.6. The molecule has 0 spiro atoms. The highest BCUT2D eigenvalue weighted by Crippen LogP contribution is 2.31. The first kappa shape index (κ1) is 18.6. The topological polar surface area (TPSA) is 80.9 Å². The summed E-state index contributed by atoms with van der Waals surface area (Å²) < 4.78 is 16.8. The molecule has 2 aromatic rings. The van der Waals surface area contributed by atoms with Gasteiger partial charge < -0.3 is 23.7 Å². The molecule has 2 aliphatic rings. The summed E-state index contributed by atoms with van der Waals surface area (Å²) in [5.74, 6) is 2.46. The van der Waals surface area contributed by atoms with Crippen LogP contribution in [0, 0.1) is 0 Å². The molecule has 0 aliphatic carbocycles. The number of amides is 1. The van der Waals surface area contributed by atoms with Gasteiger partial charge in [0.05, 0.1) is 0 Å². The number of hydrogen-bond acceptors (Lipinski definition) is 7. The first-order chi connectivity index (χ1) is 13.7. The second-order valence-electron chi connectivity index (χ2n) is 7.03. The molecule has 2 aliphatic heterocycles. The summed E-state index contributed by atoms with van der Waals surface area (Å²) in [7, 11) is 0. The van der Waals surface area contributed by atoms with Gasteiger partial charge in [0.2, 0.25) is 11.8 Å². The summed E-state index contributed by atoms with van der Waals surface area (Å²) >= 11 is 0. The number of rotatable bonds is 6. The number of ether oxygens (including phenoxy) is 2. The molecular formula is C20H26N4O4. The van der Waals surface area contributed by atoms with Crippen molar-refractivity contribution in [2.45, 2.75) is 32.6 Å². The average molecular weight is 386 g/mol. The molecule has 1 amide bonds. The molecule has 4 rings (SSSR count). The van der Waals surface area contributed by atoms with E-state index in [2.05, 4.69) is 10.2 Å². The fourth-order valence-corrected chi connectivity index (χ4v) is 3.51. The van der Waals surface area contributed by atoms with Crippen molar-refractivity contribution in [3.8, 4) is 11.5 Å². The van der Waals surface area contributed by atoms with Crippen LogP contribution in [-0.2, 0) is 17.6 Å². The summed E-state index contributed by atoms with van der Waals surface area (Å²) in [5, 5.41) is 8.09. The van der Waals surface area contributed by atoms with Crippen LogP contribution >= 0.6 is 0 Å². The SMILES string of the molecule is CCc1nnc(N2CCN(C(=O)CCCc3ccc4c(c3)OCCO4)CC2)o1. The summed E-state index contributed by atoms with van der Waals surface area (Å²) in [4.78, 5) is 16.5. The molecule has 3 heterocycles. The van der Waals surface area contributed by atoms with Gasteiger partial charge in [-0.15, -0.1) is 5.10 Å². The normalized spacial score (nSPS) is 16.3. The molecule has 0 radical (unpaired) electrons. The fourth-order valence-electron chi connectivity index (χ4n) is 3.51. The highest BCUT2D eigenvalue weighted by molar-refractivity contribution is 5.76. The lowest BCUT2D eigenvalue weighted by Gasteiger charge is -2.33. The molecule has 0 atom stereocenters. The molecule has 0 unspecified atom stereocenters. The standard InChI is InChI=1S/C20H26N4O4/c1-2-18-21-22-20(28-18)24-10-8-23(9-11-24)19(25)5-3-4-15-6-7-16-17(14-15)27-13-12-26-16/h6-7,14H,2-5,8-13H2,1H3. The lowest BCUT2D eigenvalue weighted by Crippen LogP contribution is -2.48. The number of aromatic nitrogens is 2. The number of fused-ring (bicyclic) bond motifs is 1. The van der Waals surface area contributed by atoms with Crippen LogP contribution in [0.3, 0.4) is 0 Å². The number of carbonyl (C=O) groups is 1. The maximum Gasteiger partial charge on any atom is 0.318 e.